The lowest BCUT2D eigenvalue weighted by molar-refractivity contribution is 0.941. The molecule has 0 fully saturated rings. The molecule has 0 unspecified atom stereocenters. The highest BCUT2D eigenvalue weighted by molar-refractivity contribution is 5.10. The molecular weight excluding hydrogens is 953 g/mol. The largest absolute Gasteiger partial charge is 0.261 e. The maximum atomic E-state index is 4.11. The molecule has 0 amide bonds. The summed E-state index contributed by atoms with van der Waals surface area (Å²) < 4.78 is 0. The number of nitrogens with zero attached hydrogens (tertiary/aromatic N) is 20. The summed E-state index contributed by atoms with van der Waals surface area (Å²) in [5.41, 5.74) is 15.3. The molecule has 10 heterocycles. The number of hydrogen-bond acceptors (Lipinski definition) is 20. The molecule has 0 radical (unpaired) electrons. The van der Waals surface area contributed by atoms with Crippen molar-refractivity contribution in [3.8, 4) is 0 Å². The van der Waals surface area contributed by atoms with E-state index in [0.717, 1.165) is 90.7 Å². The Morgan fingerprint density at radius 1 is 0.263 bits per heavy atom. The van der Waals surface area contributed by atoms with E-state index in [-0.39, 0.29) is 0 Å². The Labute approximate surface area is 448 Å². The molecule has 0 atom stereocenters. The molecule has 76 heavy (non-hydrogen) atoms. The molecule has 0 saturated carbocycles. The minimum Gasteiger partial charge on any atom is -0.261 e. The zero-order chi connectivity index (χ0) is 56.4. The van der Waals surface area contributed by atoms with Crippen molar-refractivity contribution in [3.63, 3.8) is 0 Å². The monoisotopic (exact) mass is 1020 g/mol. The lowest BCUT2D eigenvalue weighted by Crippen LogP contribution is -1.87. The molecule has 10 rings (SSSR count). The van der Waals surface area contributed by atoms with Crippen LogP contribution in [0.1, 0.15) is 90.7 Å². The van der Waals surface area contributed by atoms with Crippen LogP contribution < -0.4 is 0 Å². The van der Waals surface area contributed by atoms with Gasteiger partial charge in [-0.3, -0.25) is 39.9 Å². The van der Waals surface area contributed by atoms with E-state index in [1.54, 1.807) is 93.1 Å². The summed E-state index contributed by atoms with van der Waals surface area (Å²) in [5, 5.41) is 22.3. The van der Waals surface area contributed by atoms with Crippen LogP contribution in [-0.2, 0) is 0 Å². The van der Waals surface area contributed by atoms with E-state index in [1.165, 1.54) is 6.33 Å². The first-order chi connectivity index (χ1) is 36.3. The van der Waals surface area contributed by atoms with Crippen molar-refractivity contribution in [3.05, 3.63) is 239 Å². The van der Waals surface area contributed by atoms with E-state index in [9.17, 15) is 0 Å². The Balaban J connectivity index is 0.000000422. The zero-order valence-electron chi connectivity index (χ0n) is 46.8. The molecule has 0 aliphatic rings. The Hall–Kier alpha value is -9.20. The first-order valence-corrected chi connectivity index (χ1v) is 23.8. The fourth-order valence-electron chi connectivity index (χ4n) is 4.39. The molecule has 20 heteroatoms. The lowest BCUT2D eigenvalue weighted by Gasteiger charge is -1.91. The van der Waals surface area contributed by atoms with Gasteiger partial charge in [-0.05, 0) is 163 Å². The van der Waals surface area contributed by atoms with E-state index in [2.05, 4.69) is 100 Å². The summed E-state index contributed by atoms with van der Waals surface area (Å²) in [6, 6.07) is 9.58. The SMILES string of the molecule is Cc1ccc(C)nn1.Cc1cccnn1.Cc1ccnnc1.Cc1cnc(C)cn1.Cc1cnc(C)nc1.Cc1cncc(C)n1.Cc1cnccn1.Cc1cncnc1.Cc1cncnc1C.Cc1nccnc1C. The normalized spacial score (nSPS) is 9.05. The molecule has 0 aromatic carbocycles. The quantitative estimate of drug-likeness (QED) is 0.137. The van der Waals surface area contributed by atoms with E-state index in [1.807, 2.05) is 160 Å². The minimum absolute atomic E-state index is 0.829. The van der Waals surface area contributed by atoms with Crippen molar-refractivity contribution >= 4 is 0 Å². The Morgan fingerprint density at radius 2 is 0.776 bits per heavy atom. The summed E-state index contributed by atoms with van der Waals surface area (Å²) in [4.78, 5) is 55.1. The van der Waals surface area contributed by atoms with Crippen molar-refractivity contribution in [2.45, 2.75) is 111 Å². The molecule has 10 aromatic heterocycles. The molecule has 0 bridgehead atoms. The van der Waals surface area contributed by atoms with Gasteiger partial charge in [-0.2, -0.15) is 30.6 Å². The van der Waals surface area contributed by atoms with Crippen LogP contribution in [0.3, 0.4) is 0 Å². The van der Waals surface area contributed by atoms with Crippen molar-refractivity contribution in [1.82, 2.24) is 100 Å². The summed E-state index contributed by atoms with van der Waals surface area (Å²) >= 11 is 0. The van der Waals surface area contributed by atoms with Crippen LogP contribution in [0, 0.1) is 111 Å². The molecule has 0 aliphatic carbocycles. The van der Waals surface area contributed by atoms with Gasteiger partial charge in [0.15, 0.2) is 0 Å². The van der Waals surface area contributed by atoms with E-state index in [4.69, 9.17) is 0 Å². The predicted molar refractivity (Wildman–Crippen MR) is 296 cm³/mol. The Bertz CT molecular complexity index is 2540. The number of hydrogen-bond donors (Lipinski definition) is 0. The third kappa shape index (κ3) is 36.7. The molecule has 0 N–H and O–H groups in total. The first-order valence-electron chi connectivity index (χ1n) is 23.8. The molecular formula is C56H72N20. The molecule has 0 spiro atoms. The number of aromatic nitrogens is 20. The second kappa shape index (κ2) is 40.3. The van der Waals surface area contributed by atoms with Crippen molar-refractivity contribution in [1.29, 1.82) is 0 Å². The van der Waals surface area contributed by atoms with Gasteiger partial charge >= 0.3 is 0 Å². The van der Waals surface area contributed by atoms with Gasteiger partial charge in [0.05, 0.1) is 63.1 Å². The maximum absolute atomic E-state index is 4.11. The van der Waals surface area contributed by atoms with E-state index < -0.39 is 0 Å². The number of aryl methyl sites for hydroxylation is 16. The Kier molecular flexibility index (Phi) is 34.4. The van der Waals surface area contributed by atoms with Gasteiger partial charge in [0.25, 0.3) is 0 Å². The van der Waals surface area contributed by atoms with Crippen LogP contribution in [0.2, 0.25) is 0 Å². The van der Waals surface area contributed by atoms with Crippen molar-refractivity contribution in [2.75, 3.05) is 0 Å². The Morgan fingerprint density at radius 3 is 1.07 bits per heavy atom. The second-order valence-corrected chi connectivity index (χ2v) is 16.3. The van der Waals surface area contributed by atoms with Crippen LogP contribution in [0.25, 0.3) is 0 Å². The van der Waals surface area contributed by atoms with Gasteiger partial charge in [-0.25, -0.2) is 29.9 Å². The molecule has 396 valence electrons. The van der Waals surface area contributed by atoms with Gasteiger partial charge in [0.1, 0.15) is 18.5 Å². The molecule has 0 saturated heterocycles. The van der Waals surface area contributed by atoms with Crippen LogP contribution in [0.5, 0.6) is 0 Å². The second-order valence-electron chi connectivity index (χ2n) is 16.3. The molecule has 10 aromatic rings. The summed E-state index contributed by atoms with van der Waals surface area (Å²) in [7, 11) is 0. The highest BCUT2D eigenvalue weighted by Crippen LogP contribution is 1.97. The predicted octanol–water partition coefficient (Wildman–Crippen LogP) is 9.70. The topological polar surface area (TPSA) is 258 Å². The standard InChI is InChI=1S/6C6H8N2.4C5H6N2/c1-5-3-7-4-8-6(5)2;1-5-3-8-6(2)4-7-5;1-5-3-7-4-6(2)8-5;1-5-3-7-6(2)8-4-5;1-5-6(2)8-4-3-7-5;1-5-3-4-6(2)8-7-5;1-5-2-6-4-7-3-5;1-5-4-6-2-3-7-5;1-5-2-3-6-7-4-5;1-5-3-2-4-6-7-5/h6*3-4H,1-2H3;4*2-4H,1H3. The van der Waals surface area contributed by atoms with Crippen molar-refractivity contribution < 1.29 is 0 Å². The smallest absolute Gasteiger partial charge is 0.125 e. The molecule has 20 nitrogen and oxygen atoms in total. The average molecular weight is 1030 g/mol. The fraction of sp³-hybridized carbons (Fsp3) is 0.286. The van der Waals surface area contributed by atoms with E-state index >= 15 is 0 Å². The summed E-state index contributed by atoms with van der Waals surface area (Å²) in [6.45, 7) is 31.0. The van der Waals surface area contributed by atoms with Gasteiger partial charge in [0.2, 0.25) is 0 Å². The van der Waals surface area contributed by atoms with Gasteiger partial charge in [-0.15, -0.1) is 0 Å². The maximum Gasteiger partial charge on any atom is 0.125 e. The molecule has 0 aliphatic heterocycles. The lowest BCUT2D eigenvalue weighted by atomic mass is 10.3. The van der Waals surface area contributed by atoms with Gasteiger partial charge < -0.3 is 0 Å². The zero-order valence-corrected chi connectivity index (χ0v) is 46.8. The summed E-state index contributed by atoms with van der Waals surface area (Å²) in [5.74, 6) is 0.829. The summed E-state index contributed by atoms with van der Waals surface area (Å²) in [6.07, 6.45) is 32.6. The number of rotatable bonds is 0. The highest BCUT2D eigenvalue weighted by Gasteiger charge is 1.89. The van der Waals surface area contributed by atoms with Gasteiger partial charge in [0, 0.05) is 105 Å². The van der Waals surface area contributed by atoms with E-state index in [0.29, 0.717) is 0 Å². The first kappa shape index (κ1) is 64.8. The van der Waals surface area contributed by atoms with Gasteiger partial charge in [-0.1, -0.05) is 0 Å². The third-order valence-corrected chi connectivity index (χ3v) is 8.73. The van der Waals surface area contributed by atoms with Crippen molar-refractivity contribution in [2.24, 2.45) is 0 Å². The van der Waals surface area contributed by atoms with Crippen LogP contribution >= 0.6 is 0 Å². The van der Waals surface area contributed by atoms with Crippen LogP contribution in [0.15, 0.2) is 148 Å². The van der Waals surface area contributed by atoms with Crippen LogP contribution in [0.4, 0.5) is 0 Å². The highest BCUT2D eigenvalue weighted by atomic mass is 15.1. The average Bonchev–Trinajstić information content (AvgIpc) is 3.41. The van der Waals surface area contributed by atoms with Crippen LogP contribution in [-0.4, -0.2) is 100 Å². The third-order valence-electron chi connectivity index (χ3n) is 8.73. The minimum atomic E-state index is 0.829. The fourth-order valence-corrected chi connectivity index (χ4v) is 4.39.